The maximum Gasteiger partial charge on any atom is 0.266 e. The van der Waals surface area contributed by atoms with Gasteiger partial charge in [-0.15, -0.1) is 0 Å². The predicted octanol–water partition coefficient (Wildman–Crippen LogP) is 4.28. The van der Waals surface area contributed by atoms with Gasteiger partial charge in [0.15, 0.2) is 18.2 Å². The van der Waals surface area contributed by atoms with E-state index < -0.39 is 0 Å². The molecule has 0 saturated heterocycles. The fraction of sp³-hybridized carbons (Fsp3) is 0.167. The molecule has 0 N–H and O–H groups in total. The Kier molecular flexibility index (Phi) is 4.30. The lowest BCUT2D eigenvalue weighted by atomic mass is 10.1. The molecular formula is C18H13Cl2N3O3. The first kappa shape index (κ1) is 16.9. The van der Waals surface area contributed by atoms with Gasteiger partial charge < -0.3 is 9.26 Å². The van der Waals surface area contributed by atoms with Crippen LogP contribution in [0.1, 0.15) is 11.3 Å². The molecule has 0 fully saturated rings. The number of fused-ring (bicyclic) bond motifs is 1. The summed E-state index contributed by atoms with van der Waals surface area (Å²) in [4.78, 5) is 18.3. The Morgan fingerprint density at radius 2 is 1.96 bits per heavy atom. The van der Waals surface area contributed by atoms with Gasteiger partial charge in [0.05, 0.1) is 16.6 Å². The van der Waals surface area contributed by atoms with Crippen LogP contribution < -0.4 is 9.64 Å². The first-order valence-electron chi connectivity index (χ1n) is 7.84. The molecule has 8 heteroatoms. The average Bonchev–Trinajstić information content (AvgIpc) is 2.98. The van der Waals surface area contributed by atoms with E-state index in [0.717, 1.165) is 0 Å². The van der Waals surface area contributed by atoms with Crippen molar-refractivity contribution in [1.29, 1.82) is 0 Å². The minimum Gasteiger partial charge on any atom is -0.480 e. The molecule has 0 spiro atoms. The number of carbonyl (C=O) groups is 1. The normalized spacial score (nSPS) is 13.5. The number of aryl methyl sites for hydroxylation is 1. The number of amides is 1. The number of hydrogen-bond donors (Lipinski definition) is 0. The van der Waals surface area contributed by atoms with Crippen molar-refractivity contribution in [2.24, 2.45) is 0 Å². The number of hydrogen-bond acceptors (Lipinski definition) is 5. The third-order valence-corrected chi connectivity index (χ3v) is 4.79. The molecule has 0 aliphatic carbocycles. The lowest BCUT2D eigenvalue weighted by Gasteiger charge is -2.28. The summed E-state index contributed by atoms with van der Waals surface area (Å²) in [5.74, 6) is 1.39. The molecule has 4 rings (SSSR count). The number of rotatable bonds is 3. The first-order valence-corrected chi connectivity index (χ1v) is 8.59. The van der Waals surface area contributed by atoms with Gasteiger partial charge in [-0.3, -0.25) is 9.69 Å². The van der Waals surface area contributed by atoms with Crippen LogP contribution in [-0.2, 0) is 11.3 Å². The van der Waals surface area contributed by atoms with Crippen LogP contribution in [0.25, 0.3) is 11.3 Å². The van der Waals surface area contributed by atoms with Gasteiger partial charge in [0, 0.05) is 17.3 Å². The van der Waals surface area contributed by atoms with Crippen molar-refractivity contribution < 1.29 is 14.1 Å². The van der Waals surface area contributed by atoms with Crippen molar-refractivity contribution in [3.05, 3.63) is 57.9 Å². The third-order valence-electron chi connectivity index (χ3n) is 4.16. The highest BCUT2D eigenvalue weighted by atomic mass is 35.5. The highest BCUT2D eigenvalue weighted by Gasteiger charge is 2.30. The van der Waals surface area contributed by atoms with Crippen LogP contribution in [0.3, 0.4) is 0 Å². The lowest BCUT2D eigenvalue weighted by molar-refractivity contribution is -0.121. The van der Waals surface area contributed by atoms with Crippen molar-refractivity contribution in [1.82, 2.24) is 10.1 Å². The molecule has 1 amide bonds. The summed E-state index contributed by atoms with van der Waals surface area (Å²) in [7, 11) is 0. The van der Waals surface area contributed by atoms with Gasteiger partial charge in [-0.2, -0.15) is 0 Å². The zero-order valence-corrected chi connectivity index (χ0v) is 15.2. The van der Waals surface area contributed by atoms with E-state index in [-0.39, 0.29) is 19.1 Å². The van der Waals surface area contributed by atoms with Crippen molar-refractivity contribution in [3.63, 3.8) is 0 Å². The van der Waals surface area contributed by atoms with Gasteiger partial charge in [0.2, 0.25) is 0 Å². The Bertz CT molecular complexity index is 983. The van der Waals surface area contributed by atoms with E-state index in [1.807, 2.05) is 0 Å². The monoisotopic (exact) mass is 389 g/mol. The molecule has 3 aromatic rings. The van der Waals surface area contributed by atoms with Crippen LogP contribution >= 0.6 is 23.2 Å². The molecule has 1 aliphatic heterocycles. The number of nitrogens with zero attached hydrogens (tertiary/aromatic N) is 3. The molecule has 0 saturated carbocycles. The molecule has 2 aromatic heterocycles. The number of halogens is 2. The molecule has 0 atom stereocenters. The van der Waals surface area contributed by atoms with E-state index in [2.05, 4.69) is 10.1 Å². The molecule has 6 nitrogen and oxygen atoms in total. The average molecular weight is 390 g/mol. The Balaban J connectivity index is 1.79. The number of ether oxygens (including phenoxy) is 1. The van der Waals surface area contributed by atoms with Crippen LogP contribution in [0.5, 0.6) is 5.75 Å². The van der Waals surface area contributed by atoms with E-state index in [1.54, 1.807) is 48.4 Å². The topological polar surface area (TPSA) is 68.5 Å². The largest absolute Gasteiger partial charge is 0.480 e. The van der Waals surface area contributed by atoms with Crippen molar-refractivity contribution in [2.45, 2.75) is 13.5 Å². The molecule has 3 heterocycles. The maximum atomic E-state index is 12.4. The van der Waals surface area contributed by atoms with E-state index >= 15 is 0 Å². The summed E-state index contributed by atoms with van der Waals surface area (Å²) in [5, 5.41) is 5.04. The molecule has 1 aromatic carbocycles. The van der Waals surface area contributed by atoms with Crippen molar-refractivity contribution in [3.8, 4) is 17.0 Å². The summed E-state index contributed by atoms with van der Waals surface area (Å²) in [6, 6.07) is 8.74. The zero-order chi connectivity index (χ0) is 18.3. The fourth-order valence-corrected chi connectivity index (χ4v) is 3.43. The summed E-state index contributed by atoms with van der Waals surface area (Å²) in [5.41, 5.74) is 1.80. The van der Waals surface area contributed by atoms with Gasteiger partial charge in [0.25, 0.3) is 5.91 Å². The van der Waals surface area contributed by atoms with Gasteiger partial charge in [-0.25, -0.2) is 4.98 Å². The lowest BCUT2D eigenvalue weighted by Crippen LogP contribution is -2.39. The minimum atomic E-state index is -0.201. The second-order valence-electron chi connectivity index (χ2n) is 5.76. The van der Waals surface area contributed by atoms with E-state index in [1.165, 1.54) is 0 Å². The minimum absolute atomic E-state index is 0.0504. The van der Waals surface area contributed by atoms with Crippen LogP contribution in [0.15, 0.2) is 41.1 Å². The van der Waals surface area contributed by atoms with Gasteiger partial charge in [0.1, 0.15) is 11.5 Å². The predicted molar refractivity (Wildman–Crippen MR) is 97.6 cm³/mol. The van der Waals surface area contributed by atoms with Crippen LogP contribution in [-0.4, -0.2) is 22.7 Å². The SMILES string of the molecule is Cc1onc(-c2c(Cl)cccc2Cl)c1CN1C(=O)COc2cccnc21. The Hall–Kier alpha value is -2.57. The molecule has 0 radical (unpaired) electrons. The number of benzene rings is 1. The van der Waals surface area contributed by atoms with Crippen LogP contribution in [0, 0.1) is 6.92 Å². The van der Waals surface area contributed by atoms with Crippen molar-refractivity contribution in [2.75, 3.05) is 11.5 Å². The molecule has 0 unspecified atom stereocenters. The van der Waals surface area contributed by atoms with Crippen molar-refractivity contribution >= 4 is 34.9 Å². The van der Waals surface area contributed by atoms with Crippen LogP contribution in [0.2, 0.25) is 10.0 Å². The quantitative estimate of drug-likeness (QED) is 0.668. The summed E-state index contributed by atoms with van der Waals surface area (Å²) >= 11 is 12.6. The van der Waals surface area contributed by atoms with E-state index in [0.29, 0.717) is 44.2 Å². The molecular weight excluding hydrogens is 377 g/mol. The summed E-state index contributed by atoms with van der Waals surface area (Å²) in [6.07, 6.45) is 1.61. The van der Waals surface area contributed by atoms with Gasteiger partial charge >= 0.3 is 0 Å². The number of pyridine rings is 1. The first-order chi connectivity index (χ1) is 12.6. The Labute approximate surface area is 159 Å². The van der Waals surface area contributed by atoms with E-state index in [4.69, 9.17) is 32.5 Å². The third kappa shape index (κ3) is 2.81. The Morgan fingerprint density at radius 3 is 2.73 bits per heavy atom. The van der Waals surface area contributed by atoms with Gasteiger partial charge in [-0.05, 0) is 31.2 Å². The zero-order valence-electron chi connectivity index (χ0n) is 13.7. The standard InChI is InChI=1S/C18H13Cl2N3O3/c1-10-11(17(22-26-10)16-12(19)4-2-5-13(16)20)8-23-15(24)9-25-14-6-3-7-21-18(14)23/h2-7H,8-9H2,1H3. The summed E-state index contributed by atoms with van der Waals surface area (Å²) < 4.78 is 10.8. The summed E-state index contributed by atoms with van der Waals surface area (Å²) in [6.45, 7) is 1.95. The highest BCUT2D eigenvalue weighted by molar-refractivity contribution is 6.39. The number of aromatic nitrogens is 2. The Morgan fingerprint density at radius 1 is 1.19 bits per heavy atom. The second-order valence-corrected chi connectivity index (χ2v) is 6.57. The van der Waals surface area contributed by atoms with E-state index in [9.17, 15) is 4.79 Å². The number of anilines is 1. The molecule has 1 aliphatic rings. The smallest absolute Gasteiger partial charge is 0.266 e. The molecule has 26 heavy (non-hydrogen) atoms. The second kappa shape index (κ2) is 6.63. The maximum absolute atomic E-state index is 12.4. The highest BCUT2D eigenvalue weighted by Crippen LogP contribution is 2.38. The fourth-order valence-electron chi connectivity index (χ4n) is 2.85. The number of carbonyl (C=O) groups excluding carboxylic acids is 1. The van der Waals surface area contributed by atoms with Gasteiger partial charge in [-0.1, -0.05) is 34.4 Å². The molecule has 132 valence electrons. The molecule has 0 bridgehead atoms. The van der Waals surface area contributed by atoms with Crippen LogP contribution in [0.4, 0.5) is 5.82 Å².